The Labute approximate surface area is 113 Å². The average Bonchev–Trinajstić information content (AvgIpc) is 2.86. The maximum absolute atomic E-state index is 12.1. The highest BCUT2D eigenvalue weighted by atomic mass is 16.2. The van der Waals surface area contributed by atoms with E-state index in [1.165, 1.54) is 5.56 Å². The molecule has 1 heterocycles. The van der Waals surface area contributed by atoms with Crippen molar-refractivity contribution in [3.05, 3.63) is 29.8 Å². The first-order valence-electron chi connectivity index (χ1n) is 6.64. The molecule has 19 heavy (non-hydrogen) atoms. The van der Waals surface area contributed by atoms with Gasteiger partial charge in [-0.15, -0.1) is 0 Å². The summed E-state index contributed by atoms with van der Waals surface area (Å²) >= 11 is 0. The summed E-state index contributed by atoms with van der Waals surface area (Å²) in [6.07, 6.45) is 1.89. The molecular formula is C14H20N4O. The molecule has 0 aliphatic carbocycles. The Kier molecular flexibility index (Phi) is 4.39. The van der Waals surface area contributed by atoms with E-state index >= 15 is 0 Å². The summed E-state index contributed by atoms with van der Waals surface area (Å²) < 4.78 is 0. The van der Waals surface area contributed by atoms with E-state index in [9.17, 15) is 4.79 Å². The number of rotatable bonds is 4. The number of anilines is 1. The lowest BCUT2D eigenvalue weighted by Crippen LogP contribution is -2.35. The molecule has 1 aliphatic rings. The first-order chi connectivity index (χ1) is 9.22. The number of amides is 1. The molecule has 0 saturated carbocycles. The van der Waals surface area contributed by atoms with Crippen LogP contribution in [-0.4, -0.2) is 31.5 Å². The zero-order chi connectivity index (χ0) is 13.7. The standard InChI is InChI=1S/C14H20N4O/c1-2-8-16-14(15)17-10-13(19)18-9-7-11-5-3-4-6-12(11)18/h3-6H,2,7-10H2,1H3,(H3,15,16,17). The van der Waals surface area contributed by atoms with E-state index in [2.05, 4.69) is 16.4 Å². The molecule has 0 saturated heterocycles. The summed E-state index contributed by atoms with van der Waals surface area (Å²) in [6.45, 7) is 3.65. The van der Waals surface area contributed by atoms with Crippen molar-refractivity contribution in [3.63, 3.8) is 0 Å². The number of fused-ring (bicyclic) bond motifs is 1. The Morgan fingerprint density at radius 1 is 1.47 bits per heavy atom. The Bertz CT molecular complexity index is 484. The van der Waals surface area contributed by atoms with Crippen molar-refractivity contribution < 1.29 is 4.79 Å². The highest BCUT2D eigenvalue weighted by Gasteiger charge is 2.23. The SMILES string of the molecule is CCCNC(N)=NCC(=O)N1CCc2ccccc21. The second-order valence-electron chi connectivity index (χ2n) is 4.55. The van der Waals surface area contributed by atoms with Gasteiger partial charge in [0.1, 0.15) is 6.54 Å². The van der Waals surface area contributed by atoms with Gasteiger partial charge in [-0.2, -0.15) is 0 Å². The number of hydrogen-bond acceptors (Lipinski definition) is 2. The minimum atomic E-state index is -0.00815. The molecule has 1 aliphatic heterocycles. The summed E-state index contributed by atoms with van der Waals surface area (Å²) in [5.41, 5.74) is 7.89. The number of carbonyl (C=O) groups is 1. The molecule has 1 aromatic rings. The fourth-order valence-electron chi connectivity index (χ4n) is 2.14. The zero-order valence-corrected chi connectivity index (χ0v) is 11.2. The van der Waals surface area contributed by atoms with E-state index < -0.39 is 0 Å². The Morgan fingerprint density at radius 2 is 2.26 bits per heavy atom. The molecule has 1 aromatic carbocycles. The number of nitrogens with two attached hydrogens (primary N) is 1. The van der Waals surface area contributed by atoms with Gasteiger partial charge in [-0.25, -0.2) is 4.99 Å². The molecule has 0 radical (unpaired) electrons. The quantitative estimate of drug-likeness (QED) is 0.624. The van der Waals surface area contributed by atoms with Crippen molar-refractivity contribution in [1.29, 1.82) is 0 Å². The molecule has 2 rings (SSSR count). The van der Waals surface area contributed by atoms with Crippen molar-refractivity contribution >= 4 is 17.6 Å². The maximum atomic E-state index is 12.1. The number of para-hydroxylation sites is 1. The third-order valence-corrected chi connectivity index (χ3v) is 3.13. The Morgan fingerprint density at radius 3 is 3.05 bits per heavy atom. The third-order valence-electron chi connectivity index (χ3n) is 3.13. The smallest absolute Gasteiger partial charge is 0.248 e. The first-order valence-corrected chi connectivity index (χ1v) is 6.64. The molecule has 0 aromatic heterocycles. The number of nitrogens with zero attached hydrogens (tertiary/aromatic N) is 2. The predicted octanol–water partition coefficient (Wildman–Crippen LogP) is 0.890. The minimum Gasteiger partial charge on any atom is -0.370 e. The van der Waals surface area contributed by atoms with Gasteiger partial charge in [-0.05, 0) is 24.5 Å². The van der Waals surface area contributed by atoms with Crippen LogP contribution in [0, 0.1) is 0 Å². The second-order valence-corrected chi connectivity index (χ2v) is 4.55. The largest absolute Gasteiger partial charge is 0.370 e. The Hall–Kier alpha value is -2.04. The summed E-state index contributed by atoms with van der Waals surface area (Å²) in [4.78, 5) is 18.0. The van der Waals surface area contributed by atoms with Crippen LogP contribution in [0.3, 0.4) is 0 Å². The molecule has 3 N–H and O–H groups in total. The molecule has 5 nitrogen and oxygen atoms in total. The number of aliphatic imine (C=N–C) groups is 1. The highest BCUT2D eigenvalue weighted by Crippen LogP contribution is 2.27. The zero-order valence-electron chi connectivity index (χ0n) is 11.2. The van der Waals surface area contributed by atoms with Crippen molar-refractivity contribution in [2.45, 2.75) is 19.8 Å². The van der Waals surface area contributed by atoms with Crippen LogP contribution in [0.2, 0.25) is 0 Å². The first kappa shape index (κ1) is 13.4. The predicted molar refractivity (Wildman–Crippen MR) is 77.3 cm³/mol. The third kappa shape index (κ3) is 3.24. The topological polar surface area (TPSA) is 70.7 Å². The fourth-order valence-corrected chi connectivity index (χ4v) is 2.14. The van der Waals surface area contributed by atoms with E-state index in [0.717, 1.165) is 31.6 Å². The van der Waals surface area contributed by atoms with Crippen LogP contribution < -0.4 is 16.0 Å². The van der Waals surface area contributed by atoms with Crippen LogP contribution in [0.5, 0.6) is 0 Å². The fraction of sp³-hybridized carbons (Fsp3) is 0.429. The van der Waals surface area contributed by atoms with Gasteiger partial charge in [0.15, 0.2) is 5.96 Å². The van der Waals surface area contributed by atoms with Crippen LogP contribution in [0.1, 0.15) is 18.9 Å². The van der Waals surface area contributed by atoms with Gasteiger partial charge in [-0.1, -0.05) is 25.1 Å². The minimum absolute atomic E-state index is 0.00815. The van der Waals surface area contributed by atoms with Gasteiger partial charge >= 0.3 is 0 Å². The Balaban J connectivity index is 1.95. The number of carbonyl (C=O) groups excluding carboxylic acids is 1. The van der Waals surface area contributed by atoms with E-state index in [1.54, 1.807) is 4.90 Å². The van der Waals surface area contributed by atoms with Crippen molar-refractivity contribution in [2.24, 2.45) is 10.7 Å². The lowest BCUT2D eigenvalue weighted by atomic mass is 10.2. The number of nitrogens with one attached hydrogen (secondary N) is 1. The molecular weight excluding hydrogens is 240 g/mol. The average molecular weight is 260 g/mol. The summed E-state index contributed by atoms with van der Waals surface area (Å²) in [7, 11) is 0. The summed E-state index contributed by atoms with van der Waals surface area (Å²) in [5.74, 6) is 0.328. The van der Waals surface area contributed by atoms with Gasteiger partial charge in [0.25, 0.3) is 0 Å². The van der Waals surface area contributed by atoms with Crippen molar-refractivity contribution in [3.8, 4) is 0 Å². The van der Waals surface area contributed by atoms with E-state index in [-0.39, 0.29) is 12.5 Å². The maximum Gasteiger partial charge on any atom is 0.248 e. The molecule has 0 unspecified atom stereocenters. The van der Waals surface area contributed by atoms with Crippen molar-refractivity contribution in [2.75, 3.05) is 24.5 Å². The van der Waals surface area contributed by atoms with Crippen LogP contribution in [-0.2, 0) is 11.2 Å². The van der Waals surface area contributed by atoms with Gasteiger partial charge in [0, 0.05) is 18.8 Å². The molecule has 1 amide bonds. The number of hydrogen-bond donors (Lipinski definition) is 2. The molecule has 0 atom stereocenters. The lowest BCUT2D eigenvalue weighted by Gasteiger charge is -2.16. The number of guanidine groups is 1. The van der Waals surface area contributed by atoms with Crippen LogP contribution in [0.15, 0.2) is 29.3 Å². The molecule has 0 fully saturated rings. The highest BCUT2D eigenvalue weighted by molar-refractivity contribution is 5.97. The molecule has 102 valence electrons. The van der Waals surface area contributed by atoms with Crippen LogP contribution >= 0.6 is 0 Å². The van der Waals surface area contributed by atoms with Gasteiger partial charge in [-0.3, -0.25) is 4.79 Å². The number of benzene rings is 1. The van der Waals surface area contributed by atoms with E-state index in [0.29, 0.717) is 5.96 Å². The van der Waals surface area contributed by atoms with Gasteiger partial charge < -0.3 is 16.0 Å². The monoisotopic (exact) mass is 260 g/mol. The van der Waals surface area contributed by atoms with Gasteiger partial charge in [0.05, 0.1) is 0 Å². The normalized spacial score (nSPS) is 14.4. The second kappa shape index (κ2) is 6.22. The van der Waals surface area contributed by atoms with Crippen LogP contribution in [0.4, 0.5) is 5.69 Å². The van der Waals surface area contributed by atoms with Crippen LogP contribution in [0.25, 0.3) is 0 Å². The van der Waals surface area contributed by atoms with Gasteiger partial charge in [0.2, 0.25) is 5.91 Å². The van der Waals surface area contributed by atoms with E-state index in [4.69, 9.17) is 5.73 Å². The molecule has 0 bridgehead atoms. The lowest BCUT2D eigenvalue weighted by molar-refractivity contribution is -0.117. The van der Waals surface area contributed by atoms with E-state index in [1.807, 2.05) is 25.1 Å². The molecule has 0 spiro atoms. The summed E-state index contributed by atoms with van der Waals surface area (Å²) in [6, 6.07) is 7.98. The summed E-state index contributed by atoms with van der Waals surface area (Å²) in [5, 5.41) is 2.95. The van der Waals surface area contributed by atoms with Crippen molar-refractivity contribution in [1.82, 2.24) is 5.32 Å². The molecule has 5 heteroatoms.